The Labute approximate surface area is 374 Å². The number of nitrogens with one attached hydrogen (secondary N) is 1. The van der Waals surface area contributed by atoms with E-state index in [2.05, 4.69) is 88.4 Å². The molecule has 0 saturated carbocycles. The molecule has 0 bridgehead atoms. The van der Waals surface area contributed by atoms with E-state index < -0.39 is 15.0 Å². The van der Waals surface area contributed by atoms with Gasteiger partial charge in [-0.3, -0.25) is 0 Å². The van der Waals surface area contributed by atoms with Gasteiger partial charge < -0.3 is 31.4 Å². The maximum atomic E-state index is 11.4. The maximum Gasteiger partial charge on any atom is 0.259 e. The van der Waals surface area contributed by atoms with Crippen molar-refractivity contribution in [1.29, 1.82) is 0 Å². The minimum absolute atomic E-state index is 0.0410. The van der Waals surface area contributed by atoms with Crippen LogP contribution >= 0.6 is 0 Å². The molecule has 0 amide bonds. The summed E-state index contributed by atoms with van der Waals surface area (Å²) in [7, 11) is -3.57. The van der Waals surface area contributed by atoms with Crippen LogP contribution in [0.4, 0.5) is 17.8 Å². The highest BCUT2D eigenvalue weighted by Crippen LogP contribution is 2.20. The van der Waals surface area contributed by atoms with Crippen LogP contribution < -0.4 is 22.5 Å². The lowest BCUT2D eigenvalue weighted by atomic mass is 10.1. The van der Waals surface area contributed by atoms with Crippen LogP contribution in [0, 0.1) is 0 Å². The first-order valence-electron chi connectivity index (χ1n) is 20.2. The molecule has 7 N–H and O–H groups in total. The summed E-state index contributed by atoms with van der Waals surface area (Å²) in [4.78, 5) is 27.7. The molecular formula is C39H42N22O4S. The third-order valence-corrected chi connectivity index (χ3v) is 10.1. The zero-order chi connectivity index (χ0) is 46.2. The average Bonchev–Trinajstić information content (AvgIpc) is 4.18. The zero-order valence-electron chi connectivity index (χ0n) is 35.6. The van der Waals surface area contributed by atoms with Crippen molar-refractivity contribution in [2.45, 2.75) is 44.9 Å². The van der Waals surface area contributed by atoms with Crippen LogP contribution in [0.1, 0.15) is 25.0 Å². The summed E-state index contributed by atoms with van der Waals surface area (Å²) in [5.74, 6) is 3.74. The Morgan fingerprint density at radius 2 is 1.11 bits per heavy atom. The first-order chi connectivity index (χ1) is 32.0. The molecule has 0 aliphatic rings. The molecule has 8 aromatic heterocycles. The molecule has 66 heavy (non-hydrogen) atoms. The van der Waals surface area contributed by atoms with Gasteiger partial charge in [-0.1, -0.05) is 48.5 Å². The number of rotatable bonds is 13. The standard InChI is InChI=1S/C19H19N11O.C11H15N5.C9H8N6O3S/c1-2-29-26-15(25-28-29)13-7-5-12(6-8-13)9-10-21-18-23-17(20)30-19(24-18)22-16(27-30)14-4-3-11-31-14;1-2-16-14-11(13-15-16)10-5-3-9(4-6-10)7-8-12;1-19(16,17)9-12-7(10)15-8(13-9)11-6(14-15)5-3-2-4-18-5/h3-8,11H,2,9-10H2,1H3,(H3,20,21,22,23,24,27);3-6H,2,7-8,12H2,1H3;2-4H,1H3,(H2,10,11,12,13,14). The SMILES string of the molecule is CCn1nnc(-c2ccc(CCN)cc2)n1.CCn1nnc(-c2ccc(CCNc3nc(N)n4nc(-c5ccco5)nc4n3)cc2)n1.CS(=O)(=O)c1nc(N)n2nc(-c3ccco3)nc2n1. The Hall–Kier alpha value is -8.59. The van der Waals surface area contributed by atoms with Gasteiger partial charge in [0.2, 0.25) is 51.0 Å². The van der Waals surface area contributed by atoms with Crippen molar-refractivity contribution in [3.05, 3.63) is 96.4 Å². The second kappa shape index (κ2) is 19.4. The van der Waals surface area contributed by atoms with Crippen molar-refractivity contribution in [2.75, 3.05) is 36.1 Å². The molecule has 0 saturated heterocycles. The molecule has 0 atom stereocenters. The lowest BCUT2D eigenvalue weighted by Crippen LogP contribution is -2.12. The van der Waals surface area contributed by atoms with Crippen molar-refractivity contribution in [2.24, 2.45) is 5.73 Å². The first-order valence-corrected chi connectivity index (χ1v) is 22.1. The molecule has 10 rings (SSSR count). The monoisotopic (exact) mass is 914 g/mol. The Balaban J connectivity index is 0.000000145. The molecule has 2 aromatic carbocycles. The smallest absolute Gasteiger partial charge is 0.259 e. The molecule has 0 aliphatic carbocycles. The van der Waals surface area contributed by atoms with Crippen molar-refractivity contribution >= 4 is 39.2 Å². The Bertz CT molecular complexity index is 3270. The number of benzene rings is 2. The van der Waals surface area contributed by atoms with Crippen molar-refractivity contribution in [3.8, 4) is 45.9 Å². The van der Waals surface area contributed by atoms with Crippen molar-refractivity contribution in [3.63, 3.8) is 0 Å². The zero-order valence-corrected chi connectivity index (χ0v) is 36.5. The van der Waals surface area contributed by atoms with Crippen LogP contribution in [-0.4, -0.2) is 117 Å². The average molecular weight is 915 g/mol. The number of anilines is 3. The number of sulfone groups is 1. The summed E-state index contributed by atoms with van der Waals surface area (Å²) in [6, 6.07) is 23.0. The van der Waals surface area contributed by atoms with Gasteiger partial charge in [0.15, 0.2) is 11.5 Å². The van der Waals surface area contributed by atoms with E-state index >= 15 is 0 Å². The van der Waals surface area contributed by atoms with E-state index in [1.165, 1.54) is 16.3 Å². The Morgan fingerprint density at radius 1 is 0.606 bits per heavy atom. The van der Waals surface area contributed by atoms with E-state index in [1.807, 2.05) is 50.2 Å². The molecule has 8 heterocycles. The Kier molecular flexibility index (Phi) is 13.0. The molecule has 26 nitrogen and oxygen atoms in total. The highest BCUT2D eigenvalue weighted by molar-refractivity contribution is 7.90. The van der Waals surface area contributed by atoms with Gasteiger partial charge in [0.25, 0.3) is 16.7 Å². The topological polar surface area (TPSA) is 350 Å². The van der Waals surface area contributed by atoms with Crippen LogP contribution in [0.15, 0.2) is 99.3 Å². The minimum Gasteiger partial charge on any atom is -0.461 e. The number of nitrogens with zero attached hydrogens (tertiary/aromatic N) is 18. The van der Waals surface area contributed by atoms with E-state index in [1.54, 1.807) is 40.1 Å². The summed E-state index contributed by atoms with van der Waals surface area (Å²) in [5.41, 5.74) is 21.4. The van der Waals surface area contributed by atoms with Gasteiger partial charge in [0, 0.05) is 23.9 Å². The fourth-order valence-corrected chi connectivity index (χ4v) is 6.48. The predicted molar refractivity (Wildman–Crippen MR) is 237 cm³/mol. The van der Waals surface area contributed by atoms with Crippen LogP contribution in [-0.2, 0) is 35.8 Å². The lowest BCUT2D eigenvalue weighted by Gasteiger charge is -2.06. The fraction of sp³-hybridized carbons (Fsp3) is 0.231. The van der Waals surface area contributed by atoms with Gasteiger partial charge in [-0.15, -0.1) is 30.6 Å². The third kappa shape index (κ3) is 10.3. The van der Waals surface area contributed by atoms with E-state index in [4.69, 9.17) is 26.0 Å². The molecule has 0 aliphatic heterocycles. The second-order valence-corrected chi connectivity index (χ2v) is 15.9. The summed E-state index contributed by atoms with van der Waals surface area (Å²) in [5, 5.41) is 35.6. The maximum absolute atomic E-state index is 11.4. The van der Waals surface area contributed by atoms with Crippen LogP contribution in [0.2, 0.25) is 0 Å². The molecule has 27 heteroatoms. The van der Waals surface area contributed by atoms with E-state index in [0.29, 0.717) is 60.4 Å². The highest BCUT2D eigenvalue weighted by Gasteiger charge is 2.19. The van der Waals surface area contributed by atoms with Crippen molar-refractivity contribution < 1.29 is 17.3 Å². The molecule has 0 fully saturated rings. The second-order valence-electron chi connectivity index (χ2n) is 14.0. The number of tetrazole rings is 2. The predicted octanol–water partition coefficient (Wildman–Crippen LogP) is 2.32. The van der Waals surface area contributed by atoms with Gasteiger partial charge >= 0.3 is 0 Å². The number of aryl methyl sites for hydroxylation is 2. The molecule has 338 valence electrons. The van der Waals surface area contributed by atoms with Crippen LogP contribution in [0.3, 0.4) is 0 Å². The first kappa shape index (κ1) is 44.0. The quantitative estimate of drug-likeness (QED) is 0.129. The molecule has 10 aromatic rings. The molecule has 0 spiro atoms. The normalized spacial score (nSPS) is 11.3. The van der Waals surface area contributed by atoms with Crippen molar-refractivity contribution in [1.82, 2.24) is 89.5 Å². The lowest BCUT2D eigenvalue weighted by molar-refractivity contribution is 0.552. The third-order valence-electron chi connectivity index (χ3n) is 9.29. The van der Waals surface area contributed by atoms with Gasteiger partial charge in [-0.25, -0.2) is 8.42 Å². The molecular weight excluding hydrogens is 873 g/mol. The fourth-order valence-electron chi connectivity index (χ4n) is 5.97. The number of furan rings is 2. The number of fused-ring (bicyclic) bond motifs is 2. The number of nitrogen functional groups attached to an aromatic ring is 2. The molecule has 0 unspecified atom stereocenters. The minimum atomic E-state index is -3.57. The summed E-state index contributed by atoms with van der Waals surface area (Å²) in [6.07, 6.45) is 5.68. The summed E-state index contributed by atoms with van der Waals surface area (Å²) >= 11 is 0. The van der Waals surface area contributed by atoms with E-state index in [-0.39, 0.29) is 23.5 Å². The van der Waals surface area contributed by atoms with Gasteiger partial charge in [-0.2, -0.15) is 48.5 Å². The number of aromatic nitrogens is 18. The number of hydrogen-bond acceptors (Lipinski definition) is 22. The van der Waals surface area contributed by atoms with Gasteiger partial charge in [-0.05, 0) is 79.1 Å². The van der Waals surface area contributed by atoms with Gasteiger partial charge in [0.05, 0.1) is 25.6 Å². The summed E-state index contributed by atoms with van der Waals surface area (Å²) < 4.78 is 35.8. The van der Waals surface area contributed by atoms with E-state index in [0.717, 1.165) is 46.8 Å². The highest BCUT2D eigenvalue weighted by atomic mass is 32.2. The molecule has 0 radical (unpaired) electrons. The van der Waals surface area contributed by atoms with Crippen LogP contribution in [0.25, 0.3) is 57.5 Å². The van der Waals surface area contributed by atoms with Crippen LogP contribution in [0.5, 0.6) is 0 Å². The van der Waals surface area contributed by atoms with Gasteiger partial charge in [0.1, 0.15) is 0 Å². The number of hydrogen-bond donors (Lipinski definition) is 4. The number of nitrogens with two attached hydrogens (primary N) is 3. The summed E-state index contributed by atoms with van der Waals surface area (Å²) in [6.45, 7) is 6.67. The Morgan fingerprint density at radius 3 is 1.56 bits per heavy atom. The largest absolute Gasteiger partial charge is 0.461 e. The van der Waals surface area contributed by atoms with E-state index in [9.17, 15) is 8.42 Å².